The fourth-order valence-corrected chi connectivity index (χ4v) is 6.77. The highest BCUT2D eigenvalue weighted by molar-refractivity contribution is 8.01. The number of thiophene rings is 1. The maximum atomic E-state index is 13.3. The predicted molar refractivity (Wildman–Crippen MR) is 115 cm³/mol. The molecule has 5 nitrogen and oxygen atoms in total. The highest BCUT2D eigenvalue weighted by Crippen LogP contribution is 2.37. The molecule has 3 N–H and O–H groups in total. The maximum absolute atomic E-state index is 13.3. The van der Waals surface area contributed by atoms with Crippen LogP contribution in [0.1, 0.15) is 20.8 Å². The average Bonchev–Trinajstić information content (AvgIpc) is 3.14. The number of aldehydes is 1. The minimum atomic E-state index is -3.79. The van der Waals surface area contributed by atoms with Gasteiger partial charge in [-0.25, -0.2) is 8.42 Å². The van der Waals surface area contributed by atoms with Crippen LogP contribution < -0.4 is 5.73 Å². The Labute approximate surface area is 172 Å². The van der Waals surface area contributed by atoms with Gasteiger partial charge in [0.05, 0.1) is 18.9 Å². The summed E-state index contributed by atoms with van der Waals surface area (Å²) in [6.07, 6.45) is 2.58. The van der Waals surface area contributed by atoms with Crippen molar-refractivity contribution in [3.05, 3.63) is 64.5 Å². The van der Waals surface area contributed by atoms with Gasteiger partial charge in [-0.15, -0.1) is 23.1 Å². The number of carbonyl (C=O) groups excluding carboxylic acids is 1. The third kappa shape index (κ3) is 3.63. The average molecular weight is 431 g/mol. The minimum absolute atomic E-state index is 0.156. The first-order valence-corrected chi connectivity index (χ1v) is 11.7. The number of hydrogen-bond acceptors (Lipinski definition) is 6. The van der Waals surface area contributed by atoms with Gasteiger partial charge in [0.15, 0.2) is 0 Å². The molecule has 0 radical (unpaired) electrons. The zero-order valence-electron chi connectivity index (χ0n) is 15.2. The molecule has 0 saturated carbocycles. The predicted octanol–water partition coefficient (Wildman–Crippen LogP) is 4.37. The van der Waals surface area contributed by atoms with Gasteiger partial charge in [-0.1, -0.05) is 30.3 Å². The molecule has 0 fully saturated rings. The van der Waals surface area contributed by atoms with Crippen LogP contribution in [-0.4, -0.2) is 26.8 Å². The molecule has 0 aliphatic heterocycles. The molecule has 3 aromatic rings. The summed E-state index contributed by atoms with van der Waals surface area (Å²) in [7, 11) is -3.79. The molecule has 0 atom stereocenters. The van der Waals surface area contributed by atoms with Crippen molar-refractivity contribution in [3.63, 3.8) is 0 Å². The Morgan fingerprint density at radius 2 is 1.89 bits per heavy atom. The molecule has 144 valence electrons. The van der Waals surface area contributed by atoms with E-state index in [9.17, 15) is 13.2 Å². The topological polar surface area (TPSA) is 101 Å². The first kappa shape index (κ1) is 20.3. The number of nitrogens with one attached hydrogen (secondary N) is 1. The molecule has 0 spiro atoms. The zero-order chi connectivity index (χ0) is 20.5. The number of sulfone groups is 1. The SMILES string of the molecule is CSc1sc(C(=N)N)cc1S(=O)(=O)c1cccc(-c2cccc(C=O)c2C)c1. The molecule has 1 aromatic heterocycles. The standard InChI is InChI=1S/C20H18N2O3S3/c1-12-14(11-23)6-4-8-16(12)13-5-3-7-15(9-13)28(24,25)18-10-17(19(21)22)27-20(18)26-2/h3-11H,1-2H3,(H3,21,22). The van der Waals surface area contributed by atoms with E-state index in [-0.39, 0.29) is 15.6 Å². The summed E-state index contributed by atoms with van der Waals surface area (Å²) in [5.41, 5.74) is 8.43. The Morgan fingerprint density at radius 3 is 2.54 bits per heavy atom. The fraction of sp³-hybridized carbons (Fsp3) is 0.100. The molecular formula is C20H18N2O3S3. The lowest BCUT2D eigenvalue weighted by atomic mass is 9.97. The molecule has 0 bridgehead atoms. The summed E-state index contributed by atoms with van der Waals surface area (Å²) >= 11 is 2.50. The van der Waals surface area contributed by atoms with Crippen molar-refractivity contribution < 1.29 is 13.2 Å². The van der Waals surface area contributed by atoms with E-state index < -0.39 is 9.84 Å². The van der Waals surface area contributed by atoms with E-state index in [2.05, 4.69) is 0 Å². The normalized spacial score (nSPS) is 11.4. The van der Waals surface area contributed by atoms with Crippen LogP contribution in [-0.2, 0) is 9.84 Å². The Kier molecular flexibility index (Phi) is 5.74. The molecule has 0 saturated heterocycles. The van der Waals surface area contributed by atoms with Gasteiger partial charge in [-0.3, -0.25) is 10.2 Å². The van der Waals surface area contributed by atoms with Crippen LogP contribution in [0.2, 0.25) is 0 Å². The largest absolute Gasteiger partial charge is 0.383 e. The lowest BCUT2D eigenvalue weighted by Crippen LogP contribution is -2.08. The Balaban J connectivity index is 2.15. The number of carbonyl (C=O) groups is 1. The van der Waals surface area contributed by atoms with E-state index >= 15 is 0 Å². The van der Waals surface area contributed by atoms with E-state index in [0.717, 1.165) is 23.0 Å². The van der Waals surface area contributed by atoms with Gasteiger partial charge in [0.25, 0.3) is 0 Å². The second-order valence-electron chi connectivity index (χ2n) is 6.05. The van der Waals surface area contributed by atoms with Crippen LogP contribution in [0.25, 0.3) is 11.1 Å². The second kappa shape index (κ2) is 7.90. The molecule has 28 heavy (non-hydrogen) atoms. The van der Waals surface area contributed by atoms with Crippen molar-refractivity contribution in [2.75, 3.05) is 6.26 Å². The highest BCUT2D eigenvalue weighted by Gasteiger charge is 2.25. The Bertz CT molecular complexity index is 1180. The van der Waals surface area contributed by atoms with Crippen molar-refractivity contribution in [1.29, 1.82) is 5.41 Å². The number of nitrogens with two attached hydrogens (primary N) is 1. The lowest BCUT2D eigenvalue weighted by molar-refractivity contribution is 0.112. The minimum Gasteiger partial charge on any atom is -0.383 e. The van der Waals surface area contributed by atoms with Crippen molar-refractivity contribution in [2.24, 2.45) is 5.73 Å². The molecule has 1 heterocycles. The van der Waals surface area contributed by atoms with E-state index in [1.54, 1.807) is 36.6 Å². The first-order valence-electron chi connectivity index (χ1n) is 8.22. The Hall–Kier alpha value is -2.42. The molecular weight excluding hydrogens is 412 g/mol. The molecule has 3 rings (SSSR count). The van der Waals surface area contributed by atoms with Crippen LogP contribution in [0.4, 0.5) is 0 Å². The third-order valence-electron chi connectivity index (χ3n) is 4.36. The maximum Gasteiger partial charge on any atom is 0.208 e. The molecule has 2 aromatic carbocycles. The Morgan fingerprint density at radius 1 is 1.18 bits per heavy atom. The van der Waals surface area contributed by atoms with E-state index in [1.165, 1.54) is 29.2 Å². The number of thioether (sulfide) groups is 1. The van der Waals surface area contributed by atoms with E-state index in [4.69, 9.17) is 11.1 Å². The van der Waals surface area contributed by atoms with Gasteiger partial charge in [-0.05, 0) is 48.1 Å². The van der Waals surface area contributed by atoms with Crippen molar-refractivity contribution in [2.45, 2.75) is 20.9 Å². The zero-order valence-corrected chi connectivity index (χ0v) is 17.7. The summed E-state index contributed by atoms with van der Waals surface area (Å²) in [6, 6.07) is 13.5. The molecule has 0 unspecified atom stereocenters. The first-order chi connectivity index (χ1) is 13.3. The van der Waals surface area contributed by atoms with Gasteiger partial charge in [0.2, 0.25) is 9.84 Å². The van der Waals surface area contributed by atoms with Crippen LogP contribution in [0.15, 0.2) is 62.5 Å². The van der Waals surface area contributed by atoms with Gasteiger partial charge in [-0.2, -0.15) is 0 Å². The quantitative estimate of drug-likeness (QED) is 0.262. The van der Waals surface area contributed by atoms with Crippen LogP contribution in [0, 0.1) is 12.3 Å². The summed E-state index contributed by atoms with van der Waals surface area (Å²) < 4.78 is 27.1. The van der Waals surface area contributed by atoms with E-state index in [1.807, 2.05) is 19.1 Å². The monoisotopic (exact) mass is 430 g/mol. The number of rotatable bonds is 6. The number of amidine groups is 1. The molecule has 0 aliphatic carbocycles. The number of nitrogen functional groups attached to an aromatic ring is 1. The van der Waals surface area contributed by atoms with Crippen molar-refractivity contribution >= 4 is 45.1 Å². The summed E-state index contributed by atoms with van der Waals surface area (Å²) in [5.74, 6) is -0.156. The van der Waals surface area contributed by atoms with Gasteiger partial charge >= 0.3 is 0 Å². The molecule has 0 aliphatic rings. The summed E-state index contributed by atoms with van der Waals surface area (Å²) in [4.78, 5) is 12.0. The lowest BCUT2D eigenvalue weighted by Gasteiger charge is -2.10. The van der Waals surface area contributed by atoms with E-state index in [0.29, 0.717) is 14.6 Å². The van der Waals surface area contributed by atoms with Crippen molar-refractivity contribution in [1.82, 2.24) is 0 Å². The second-order valence-corrected chi connectivity index (χ2v) is 10.1. The molecule has 8 heteroatoms. The molecule has 0 amide bonds. The van der Waals surface area contributed by atoms with Crippen LogP contribution in [0.5, 0.6) is 0 Å². The van der Waals surface area contributed by atoms with Gasteiger partial charge < -0.3 is 5.73 Å². The van der Waals surface area contributed by atoms with Gasteiger partial charge in [0, 0.05) is 5.56 Å². The summed E-state index contributed by atoms with van der Waals surface area (Å²) in [5, 5.41) is 7.59. The number of benzene rings is 2. The third-order valence-corrected chi connectivity index (χ3v) is 8.70. The smallest absolute Gasteiger partial charge is 0.208 e. The van der Waals surface area contributed by atoms with Crippen LogP contribution >= 0.6 is 23.1 Å². The highest BCUT2D eigenvalue weighted by atomic mass is 32.2. The van der Waals surface area contributed by atoms with Gasteiger partial charge in [0.1, 0.15) is 12.1 Å². The number of hydrogen-bond donors (Lipinski definition) is 2. The summed E-state index contributed by atoms with van der Waals surface area (Å²) in [6.45, 7) is 1.84. The van der Waals surface area contributed by atoms with Crippen LogP contribution in [0.3, 0.4) is 0 Å². The fourth-order valence-electron chi connectivity index (χ4n) is 2.87. The van der Waals surface area contributed by atoms with Crippen molar-refractivity contribution in [3.8, 4) is 11.1 Å².